The number of fused-ring (bicyclic) bond motifs is 1. The van der Waals surface area contributed by atoms with E-state index in [1.807, 2.05) is 23.6 Å². The van der Waals surface area contributed by atoms with E-state index >= 15 is 0 Å². The van der Waals surface area contributed by atoms with Gasteiger partial charge in [-0.2, -0.15) is 5.10 Å². The number of aryl methyl sites for hydroxylation is 1. The number of aldehydes is 1. The van der Waals surface area contributed by atoms with Crippen LogP contribution < -0.4 is 0 Å². The van der Waals surface area contributed by atoms with Crippen molar-refractivity contribution in [2.75, 3.05) is 0 Å². The van der Waals surface area contributed by atoms with Crippen molar-refractivity contribution in [1.82, 2.24) is 9.61 Å². The molecule has 0 atom stereocenters. The summed E-state index contributed by atoms with van der Waals surface area (Å²) in [7, 11) is 0. The van der Waals surface area contributed by atoms with Crippen molar-refractivity contribution in [3.05, 3.63) is 65.2 Å². The number of nitrogens with zero attached hydrogens (tertiary/aromatic N) is 2. The molecule has 24 heavy (non-hydrogen) atoms. The summed E-state index contributed by atoms with van der Waals surface area (Å²) >= 11 is 0. The number of rotatable bonds is 4. The molecule has 0 N–H and O–H groups in total. The lowest BCUT2D eigenvalue weighted by atomic mass is 9.94. The number of allylic oxidation sites excluding steroid dienone is 1. The van der Waals surface area contributed by atoms with Crippen LogP contribution >= 0.6 is 0 Å². The molecule has 0 radical (unpaired) electrons. The van der Waals surface area contributed by atoms with Gasteiger partial charge in [0.2, 0.25) is 0 Å². The molecule has 122 valence electrons. The van der Waals surface area contributed by atoms with Crippen molar-refractivity contribution in [2.24, 2.45) is 0 Å². The molecule has 0 aliphatic carbocycles. The molecule has 0 aliphatic rings. The molecule has 0 saturated carbocycles. The number of halogens is 1. The normalized spacial score (nSPS) is 11.7. The van der Waals surface area contributed by atoms with Crippen LogP contribution in [0.1, 0.15) is 36.7 Å². The van der Waals surface area contributed by atoms with Gasteiger partial charge in [-0.05, 0) is 54.8 Å². The van der Waals surface area contributed by atoms with Crippen LogP contribution in [-0.2, 0) is 4.79 Å². The van der Waals surface area contributed by atoms with Gasteiger partial charge in [-0.15, -0.1) is 0 Å². The lowest BCUT2D eigenvalue weighted by molar-refractivity contribution is -0.104. The summed E-state index contributed by atoms with van der Waals surface area (Å²) < 4.78 is 15.3. The van der Waals surface area contributed by atoms with Gasteiger partial charge in [-0.25, -0.2) is 8.91 Å². The van der Waals surface area contributed by atoms with Gasteiger partial charge in [0.15, 0.2) is 0 Å². The lowest BCUT2D eigenvalue weighted by Gasteiger charge is -2.17. The van der Waals surface area contributed by atoms with Crippen molar-refractivity contribution in [3.8, 4) is 11.1 Å². The summed E-state index contributed by atoms with van der Waals surface area (Å²) in [6, 6.07) is 10.4. The minimum absolute atomic E-state index is 0.182. The van der Waals surface area contributed by atoms with Gasteiger partial charge in [-0.1, -0.05) is 26.0 Å². The maximum Gasteiger partial charge on any atom is 0.142 e. The Morgan fingerprint density at radius 2 is 1.83 bits per heavy atom. The topological polar surface area (TPSA) is 34.4 Å². The lowest BCUT2D eigenvalue weighted by Crippen LogP contribution is -2.07. The van der Waals surface area contributed by atoms with Crippen LogP contribution in [0.3, 0.4) is 0 Å². The summed E-state index contributed by atoms with van der Waals surface area (Å²) in [5.41, 5.74) is 5.62. The second-order valence-electron chi connectivity index (χ2n) is 6.10. The van der Waals surface area contributed by atoms with Gasteiger partial charge in [0.1, 0.15) is 12.1 Å². The third-order valence-electron chi connectivity index (χ3n) is 4.08. The van der Waals surface area contributed by atoms with E-state index in [-0.39, 0.29) is 11.7 Å². The third-order valence-corrected chi connectivity index (χ3v) is 4.08. The predicted octanol–water partition coefficient (Wildman–Crippen LogP) is 4.78. The quantitative estimate of drug-likeness (QED) is 0.511. The molecule has 2 aromatic heterocycles. The maximum atomic E-state index is 13.4. The van der Waals surface area contributed by atoms with Crippen molar-refractivity contribution >= 4 is 17.9 Å². The fourth-order valence-electron chi connectivity index (χ4n) is 2.93. The molecule has 3 rings (SSSR count). The summed E-state index contributed by atoms with van der Waals surface area (Å²) in [6.45, 7) is 6.14. The number of aromatic nitrogens is 2. The van der Waals surface area contributed by atoms with Crippen molar-refractivity contribution in [3.63, 3.8) is 0 Å². The van der Waals surface area contributed by atoms with E-state index in [4.69, 9.17) is 5.10 Å². The Labute approximate surface area is 140 Å². The smallest absolute Gasteiger partial charge is 0.142 e. The number of hydrogen-bond donors (Lipinski definition) is 0. The SMILES string of the molecule is Cc1ccc2c(-c3ccc(F)cc3)c(/C=C/C=O)c(C(C)C)nn12. The Morgan fingerprint density at radius 1 is 1.12 bits per heavy atom. The van der Waals surface area contributed by atoms with Gasteiger partial charge >= 0.3 is 0 Å². The van der Waals surface area contributed by atoms with E-state index in [1.54, 1.807) is 18.2 Å². The van der Waals surface area contributed by atoms with E-state index in [0.717, 1.165) is 39.9 Å². The first-order chi connectivity index (χ1) is 11.5. The van der Waals surface area contributed by atoms with Crippen LogP contribution in [0.5, 0.6) is 0 Å². The van der Waals surface area contributed by atoms with E-state index in [0.29, 0.717) is 0 Å². The first-order valence-electron chi connectivity index (χ1n) is 7.93. The molecule has 3 aromatic rings. The minimum atomic E-state index is -0.274. The molecule has 0 spiro atoms. The van der Waals surface area contributed by atoms with Crippen LogP contribution in [0.15, 0.2) is 42.5 Å². The number of carbonyl (C=O) groups is 1. The fourth-order valence-corrected chi connectivity index (χ4v) is 2.93. The molecule has 4 heteroatoms. The van der Waals surface area contributed by atoms with E-state index < -0.39 is 0 Å². The minimum Gasteiger partial charge on any atom is -0.299 e. The van der Waals surface area contributed by atoms with Crippen molar-refractivity contribution in [2.45, 2.75) is 26.7 Å². The highest BCUT2D eigenvalue weighted by atomic mass is 19.1. The number of benzene rings is 1. The highest BCUT2D eigenvalue weighted by molar-refractivity contribution is 5.90. The molecule has 0 saturated heterocycles. The Hall–Kier alpha value is -2.75. The number of hydrogen-bond acceptors (Lipinski definition) is 2. The van der Waals surface area contributed by atoms with Crippen molar-refractivity contribution < 1.29 is 9.18 Å². The summed E-state index contributed by atoms with van der Waals surface area (Å²) in [4.78, 5) is 10.9. The highest BCUT2D eigenvalue weighted by Crippen LogP contribution is 2.34. The zero-order valence-corrected chi connectivity index (χ0v) is 14.0. The molecular formula is C20H19FN2O. The van der Waals surface area contributed by atoms with Crippen LogP contribution in [0.25, 0.3) is 22.7 Å². The summed E-state index contributed by atoms with van der Waals surface area (Å²) in [5, 5.41) is 4.77. The van der Waals surface area contributed by atoms with Crippen LogP contribution in [0, 0.1) is 12.7 Å². The summed E-state index contributed by atoms with van der Waals surface area (Å²) in [6.07, 6.45) is 4.02. The third kappa shape index (κ3) is 2.75. The van der Waals surface area contributed by atoms with Gasteiger partial charge in [-0.3, -0.25) is 4.79 Å². The standard InChI is InChI=1S/C20H19FN2O/c1-13(2)20-17(5-4-12-24)19(15-7-9-16(21)10-8-15)18-11-6-14(3)23(18)22-20/h4-13H,1-3H3/b5-4+. The van der Waals surface area contributed by atoms with Gasteiger partial charge < -0.3 is 0 Å². The van der Waals surface area contributed by atoms with Crippen molar-refractivity contribution in [1.29, 1.82) is 0 Å². The summed E-state index contributed by atoms with van der Waals surface area (Å²) in [5.74, 6) is -0.0915. The Kier molecular flexibility index (Phi) is 4.30. The Balaban J connectivity index is 2.43. The largest absolute Gasteiger partial charge is 0.299 e. The number of carbonyl (C=O) groups excluding carboxylic acids is 1. The molecule has 1 aromatic carbocycles. The van der Waals surface area contributed by atoms with Gasteiger partial charge in [0.25, 0.3) is 0 Å². The molecule has 0 amide bonds. The van der Waals surface area contributed by atoms with Crippen LogP contribution in [-0.4, -0.2) is 15.9 Å². The second-order valence-corrected chi connectivity index (χ2v) is 6.10. The van der Waals surface area contributed by atoms with Gasteiger partial charge in [0.05, 0.1) is 11.2 Å². The molecule has 0 unspecified atom stereocenters. The zero-order valence-electron chi connectivity index (χ0n) is 14.0. The molecule has 0 bridgehead atoms. The zero-order chi connectivity index (χ0) is 17.3. The van der Waals surface area contributed by atoms with E-state index in [1.165, 1.54) is 18.2 Å². The maximum absolute atomic E-state index is 13.4. The molecular weight excluding hydrogens is 303 g/mol. The van der Waals surface area contributed by atoms with E-state index in [9.17, 15) is 9.18 Å². The molecule has 0 fully saturated rings. The predicted molar refractivity (Wildman–Crippen MR) is 94.5 cm³/mol. The van der Waals surface area contributed by atoms with Gasteiger partial charge in [0, 0.05) is 16.8 Å². The average Bonchev–Trinajstić information content (AvgIpc) is 2.93. The Morgan fingerprint density at radius 3 is 2.46 bits per heavy atom. The van der Waals surface area contributed by atoms with E-state index in [2.05, 4.69) is 13.8 Å². The first kappa shape index (κ1) is 16.1. The molecule has 2 heterocycles. The van der Waals surface area contributed by atoms with Crippen LogP contribution in [0.2, 0.25) is 0 Å². The highest BCUT2D eigenvalue weighted by Gasteiger charge is 2.18. The average molecular weight is 322 g/mol. The van der Waals surface area contributed by atoms with Crippen LogP contribution in [0.4, 0.5) is 4.39 Å². The second kappa shape index (κ2) is 6.40. The fraction of sp³-hybridized carbons (Fsp3) is 0.200. The first-order valence-corrected chi connectivity index (χ1v) is 7.93. The Bertz CT molecular complexity index is 921. The molecule has 0 aliphatic heterocycles. The monoisotopic (exact) mass is 322 g/mol. The molecule has 3 nitrogen and oxygen atoms in total.